The van der Waals surface area contributed by atoms with Gasteiger partial charge in [-0.25, -0.2) is 0 Å². The zero-order valence-corrected chi connectivity index (χ0v) is 18.6. The van der Waals surface area contributed by atoms with Crippen LogP contribution in [0.15, 0.2) is 115 Å². The maximum Gasteiger partial charge on any atom is 0.268 e. The number of carbonyl (C=O) groups is 1. The van der Waals surface area contributed by atoms with Crippen molar-refractivity contribution in [3.63, 3.8) is 0 Å². The minimum atomic E-state index is -1.72. The van der Waals surface area contributed by atoms with Gasteiger partial charge in [0, 0.05) is 5.56 Å². The molecule has 1 heterocycles. The van der Waals surface area contributed by atoms with Gasteiger partial charge in [0.1, 0.15) is 0 Å². The van der Waals surface area contributed by atoms with Crippen molar-refractivity contribution in [2.75, 3.05) is 4.90 Å². The van der Waals surface area contributed by atoms with Gasteiger partial charge >= 0.3 is 0 Å². The summed E-state index contributed by atoms with van der Waals surface area (Å²) in [5.41, 5.74) is 1.64. The highest BCUT2D eigenvalue weighted by Gasteiger charge is 2.48. The lowest BCUT2D eigenvalue weighted by atomic mass is 9.94. The Bertz CT molecular complexity index is 1520. The van der Waals surface area contributed by atoms with E-state index < -0.39 is 5.60 Å². The molecule has 0 aromatic heterocycles. The molecule has 34 heavy (non-hydrogen) atoms. The smallest absolute Gasteiger partial charge is 0.268 e. The molecule has 3 heteroatoms. The first-order chi connectivity index (χ1) is 16.6. The van der Waals surface area contributed by atoms with Crippen molar-refractivity contribution in [1.29, 1.82) is 0 Å². The number of amides is 1. The van der Waals surface area contributed by atoms with Crippen LogP contribution >= 0.6 is 0 Å². The molecule has 5 aromatic carbocycles. The van der Waals surface area contributed by atoms with Crippen LogP contribution in [-0.4, -0.2) is 11.0 Å². The lowest BCUT2D eigenvalue weighted by Gasteiger charge is -2.22. The Labute approximate surface area is 198 Å². The van der Waals surface area contributed by atoms with E-state index in [4.69, 9.17) is 0 Å². The number of carbonyl (C=O) groups excluding carboxylic acids is 1. The van der Waals surface area contributed by atoms with Gasteiger partial charge in [-0.2, -0.15) is 0 Å². The van der Waals surface area contributed by atoms with E-state index in [1.165, 1.54) is 0 Å². The Morgan fingerprint density at radius 1 is 0.735 bits per heavy atom. The van der Waals surface area contributed by atoms with Crippen molar-refractivity contribution in [3.05, 3.63) is 132 Å². The fourth-order valence-corrected chi connectivity index (χ4v) is 5.00. The topological polar surface area (TPSA) is 40.5 Å². The number of para-hydroxylation sites is 1. The summed E-state index contributed by atoms with van der Waals surface area (Å²) in [5.74, 6) is -0.335. The third-order valence-corrected chi connectivity index (χ3v) is 6.69. The van der Waals surface area contributed by atoms with Crippen molar-refractivity contribution in [3.8, 4) is 0 Å². The van der Waals surface area contributed by atoms with Crippen molar-refractivity contribution in [1.82, 2.24) is 0 Å². The molecular formula is C31H23NO2. The molecule has 5 aromatic rings. The summed E-state index contributed by atoms with van der Waals surface area (Å²) in [6, 6.07) is 36.0. The van der Waals surface area contributed by atoms with Gasteiger partial charge in [-0.3, -0.25) is 4.79 Å². The summed E-state index contributed by atoms with van der Waals surface area (Å²) in [7, 11) is 0. The zero-order chi connectivity index (χ0) is 23.1. The van der Waals surface area contributed by atoms with Gasteiger partial charge in [-0.15, -0.1) is 0 Å². The summed E-state index contributed by atoms with van der Waals surface area (Å²) < 4.78 is 0. The van der Waals surface area contributed by atoms with Gasteiger partial charge in [0.25, 0.3) is 5.91 Å². The highest BCUT2D eigenvalue weighted by molar-refractivity contribution is 6.10. The molecule has 164 valence electrons. The molecule has 0 spiro atoms. The van der Waals surface area contributed by atoms with E-state index in [-0.39, 0.29) is 5.91 Å². The largest absolute Gasteiger partial charge is 0.372 e. The van der Waals surface area contributed by atoms with Crippen molar-refractivity contribution >= 4 is 39.2 Å². The van der Waals surface area contributed by atoms with E-state index in [1.807, 2.05) is 84.9 Å². The van der Waals surface area contributed by atoms with E-state index in [9.17, 15) is 9.90 Å². The standard InChI is InChI=1S/C31H23NO2/c33-30-31(34,19-18-22-10-2-1-3-11-22)28-16-8-9-17-29(28)32(30)21-27-25-14-6-4-12-23(25)20-24-13-5-7-15-26(24)27/h1-20,34H,21H2/b19-18+. The van der Waals surface area contributed by atoms with Crippen LogP contribution < -0.4 is 4.90 Å². The van der Waals surface area contributed by atoms with Gasteiger partial charge in [-0.05, 0) is 50.9 Å². The quantitative estimate of drug-likeness (QED) is 0.326. The first-order valence-electron chi connectivity index (χ1n) is 11.4. The summed E-state index contributed by atoms with van der Waals surface area (Å²) in [5, 5.41) is 16.2. The van der Waals surface area contributed by atoms with Crippen molar-refractivity contribution < 1.29 is 9.90 Å². The monoisotopic (exact) mass is 441 g/mol. The van der Waals surface area contributed by atoms with Gasteiger partial charge in [0.15, 0.2) is 5.60 Å². The summed E-state index contributed by atoms with van der Waals surface area (Å²) in [4.78, 5) is 15.5. The van der Waals surface area contributed by atoms with E-state index in [1.54, 1.807) is 11.0 Å². The molecule has 1 unspecified atom stereocenters. The molecule has 1 amide bonds. The lowest BCUT2D eigenvalue weighted by Crippen LogP contribution is -2.38. The second-order valence-electron chi connectivity index (χ2n) is 8.72. The minimum absolute atomic E-state index is 0.335. The molecule has 0 saturated carbocycles. The van der Waals surface area contributed by atoms with Crippen LogP contribution in [0, 0.1) is 0 Å². The first kappa shape index (κ1) is 20.4. The molecule has 3 nitrogen and oxygen atoms in total. The Morgan fingerprint density at radius 2 is 1.32 bits per heavy atom. The number of fused-ring (bicyclic) bond motifs is 3. The Hall–Kier alpha value is -4.21. The maximum absolute atomic E-state index is 13.8. The molecule has 1 atom stereocenters. The molecule has 1 aliphatic heterocycles. The number of aliphatic hydroxyl groups is 1. The second kappa shape index (κ2) is 7.98. The van der Waals surface area contributed by atoms with E-state index in [0.717, 1.165) is 38.4 Å². The van der Waals surface area contributed by atoms with Gasteiger partial charge < -0.3 is 10.0 Å². The molecule has 6 rings (SSSR count). The highest BCUT2D eigenvalue weighted by Crippen LogP contribution is 2.43. The number of rotatable bonds is 4. The molecular weight excluding hydrogens is 418 g/mol. The predicted octanol–water partition coefficient (Wildman–Crippen LogP) is 6.44. The summed E-state index contributed by atoms with van der Waals surface area (Å²) in [6.45, 7) is 0.374. The average Bonchev–Trinajstić information content (AvgIpc) is 3.10. The first-order valence-corrected chi connectivity index (χ1v) is 11.4. The average molecular weight is 442 g/mol. The summed E-state index contributed by atoms with van der Waals surface area (Å²) in [6.07, 6.45) is 3.43. The zero-order valence-electron chi connectivity index (χ0n) is 18.6. The lowest BCUT2D eigenvalue weighted by molar-refractivity contribution is -0.131. The van der Waals surface area contributed by atoms with Gasteiger partial charge in [0.2, 0.25) is 0 Å². The predicted molar refractivity (Wildman–Crippen MR) is 138 cm³/mol. The fourth-order valence-electron chi connectivity index (χ4n) is 5.00. The molecule has 0 radical (unpaired) electrons. The number of hydrogen-bond donors (Lipinski definition) is 1. The highest BCUT2D eigenvalue weighted by atomic mass is 16.3. The second-order valence-corrected chi connectivity index (χ2v) is 8.72. The van der Waals surface area contributed by atoms with Gasteiger partial charge in [-0.1, -0.05) is 103 Å². The van der Waals surface area contributed by atoms with Gasteiger partial charge in [0.05, 0.1) is 12.2 Å². The number of anilines is 1. The Morgan fingerprint density at radius 3 is 2.03 bits per heavy atom. The maximum atomic E-state index is 13.8. The van der Waals surface area contributed by atoms with Crippen LogP contribution in [0.3, 0.4) is 0 Å². The normalized spacial score (nSPS) is 17.7. The third-order valence-electron chi connectivity index (χ3n) is 6.69. The SMILES string of the molecule is O=C1N(Cc2c3ccccc3cc3ccccc23)c2ccccc2C1(O)/C=C/c1ccccc1. The minimum Gasteiger partial charge on any atom is -0.372 e. The molecule has 0 aliphatic carbocycles. The van der Waals surface area contributed by atoms with Crippen LogP contribution in [0.5, 0.6) is 0 Å². The van der Waals surface area contributed by atoms with Crippen LogP contribution in [-0.2, 0) is 16.9 Å². The van der Waals surface area contributed by atoms with Crippen LogP contribution in [0.4, 0.5) is 5.69 Å². The number of nitrogens with zero attached hydrogens (tertiary/aromatic N) is 1. The number of hydrogen-bond acceptors (Lipinski definition) is 2. The van der Waals surface area contributed by atoms with E-state index >= 15 is 0 Å². The van der Waals surface area contributed by atoms with Crippen LogP contribution in [0.1, 0.15) is 16.7 Å². The Balaban J connectivity index is 1.48. The van der Waals surface area contributed by atoms with Crippen LogP contribution in [0.2, 0.25) is 0 Å². The molecule has 0 bridgehead atoms. The third kappa shape index (κ3) is 3.21. The molecule has 0 fully saturated rings. The number of benzene rings is 5. The van der Waals surface area contributed by atoms with E-state index in [0.29, 0.717) is 12.1 Å². The van der Waals surface area contributed by atoms with Crippen LogP contribution in [0.25, 0.3) is 27.6 Å². The fraction of sp³-hybridized carbons (Fsp3) is 0.0645. The van der Waals surface area contributed by atoms with Crippen molar-refractivity contribution in [2.45, 2.75) is 12.1 Å². The summed E-state index contributed by atoms with van der Waals surface area (Å²) >= 11 is 0. The Kier molecular flexibility index (Phi) is 4.79. The molecule has 0 saturated heterocycles. The van der Waals surface area contributed by atoms with E-state index in [2.05, 4.69) is 30.3 Å². The molecule has 1 aliphatic rings. The van der Waals surface area contributed by atoms with Crippen molar-refractivity contribution in [2.24, 2.45) is 0 Å². The molecule has 1 N–H and O–H groups in total.